The van der Waals surface area contributed by atoms with E-state index in [1.54, 1.807) is 48.5 Å². The van der Waals surface area contributed by atoms with Crippen LogP contribution in [0.15, 0.2) is 48.5 Å². The summed E-state index contributed by atoms with van der Waals surface area (Å²) in [7, 11) is 0. The number of rotatable bonds is 3. The van der Waals surface area contributed by atoms with E-state index >= 15 is 0 Å². The van der Waals surface area contributed by atoms with Gasteiger partial charge in [0.2, 0.25) is 0 Å². The normalized spacial score (nSPS) is 14.3. The van der Waals surface area contributed by atoms with Gasteiger partial charge in [0.1, 0.15) is 0 Å². The Morgan fingerprint density at radius 3 is 2.04 bits per heavy atom. The molecule has 2 amide bonds. The number of carbonyl (C=O) groups is 2. The summed E-state index contributed by atoms with van der Waals surface area (Å²) in [5.74, 6) is -0.173. The third kappa shape index (κ3) is 3.95. The Balaban J connectivity index is 1.66. The van der Waals surface area contributed by atoms with Crippen molar-refractivity contribution in [2.75, 3.05) is 18.4 Å². The molecule has 0 aromatic heterocycles. The first-order valence-corrected chi connectivity index (χ1v) is 8.47. The van der Waals surface area contributed by atoms with Gasteiger partial charge in [-0.25, -0.2) is 0 Å². The lowest BCUT2D eigenvalue weighted by Crippen LogP contribution is -2.35. The van der Waals surface area contributed by atoms with Crippen molar-refractivity contribution in [2.45, 2.75) is 19.3 Å². The second kappa shape index (κ2) is 7.49. The Morgan fingerprint density at radius 1 is 0.833 bits per heavy atom. The van der Waals surface area contributed by atoms with Crippen molar-refractivity contribution in [1.82, 2.24) is 4.90 Å². The van der Waals surface area contributed by atoms with Crippen molar-refractivity contribution < 1.29 is 9.59 Å². The fourth-order valence-corrected chi connectivity index (χ4v) is 2.91. The Kier molecular flexibility index (Phi) is 5.16. The smallest absolute Gasteiger partial charge is 0.255 e. The van der Waals surface area contributed by atoms with Crippen LogP contribution in [0.5, 0.6) is 0 Å². The maximum Gasteiger partial charge on any atom is 0.255 e. The molecule has 124 valence electrons. The predicted octanol–water partition coefficient (Wildman–Crippen LogP) is 4.22. The number of benzene rings is 2. The predicted molar refractivity (Wildman–Crippen MR) is 95.6 cm³/mol. The van der Waals surface area contributed by atoms with Crippen molar-refractivity contribution in [3.05, 3.63) is 64.7 Å². The molecule has 1 fully saturated rings. The Hall–Kier alpha value is -2.33. The average Bonchev–Trinajstić information content (AvgIpc) is 2.64. The van der Waals surface area contributed by atoms with Crippen LogP contribution >= 0.6 is 11.6 Å². The number of nitrogens with zero attached hydrogens (tertiary/aromatic N) is 1. The van der Waals surface area contributed by atoms with Gasteiger partial charge < -0.3 is 10.2 Å². The van der Waals surface area contributed by atoms with Crippen LogP contribution in [0.25, 0.3) is 0 Å². The fraction of sp³-hybridized carbons (Fsp3) is 0.263. The van der Waals surface area contributed by atoms with Crippen LogP contribution in [0.4, 0.5) is 5.69 Å². The summed E-state index contributed by atoms with van der Waals surface area (Å²) < 4.78 is 0. The van der Waals surface area contributed by atoms with Gasteiger partial charge in [0.25, 0.3) is 11.8 Å². The van der Waals surface area contributed by atoms with Gasteiger partial charge in [-0.15, -0.1) is 0 Å². The van der Waals surface area contributed by atoms with Crippen molar-refractivity contribution in [1.29, 1.82) is 0 Å². The second-order valence-electron chi connectivity index (χ2n) is 5.89. The fourth-order valence-electron chi connectivity index (χ4n) is 2.78. The highest BCUT2D eigenvalue weighted by molar-refractivity contribution is 6.30. The van der Waals surface area contributed by atoms with E-state index in [2.05, 4.69) is 5.32 Å². The minimum Gasteiger partial charge on any atom is -0.339 e. The molecule has 0 unspecified atom stereocenters. The van der Waals surface area contributed by atoms with E-state index in [4.69, 9.17) is 11.6 Å². The average molecular weight is 343 g/mol. The van der Waals surface area contributed by atoms with Crippen LogP contribution in [0, 0.1) is 0 Å². The molecule has 2 aromatic carbocycles. The molecule has 0 aliphatic carbocycles. The van der Waals surface area contributed by atoms with Gasteiger partial charge in [0.15, 0.2) is 0 Å². The molecule has 0 spiro atoms. The van der Waals surface area contributed by atoms with Gasteiger partial charge in [0, 0.05) is 34.9 Å². The lowest BCUT2D eigenvalue weighted by Gasteiger charge is -2.26. The Bertz CT molecular complexity index is 720. The number of nitrogens with one attached hydrogen (secondary N) is 1. The van der Waals surface area contributed by atoms with Crippen molar-refractivity contribution >= 4 is 29.1 Å². The number of amides is 2. The van der Waals surface area contributed by atoms with Gasteiger partial charge in [0.05, 0.1) is 0 Å². The van der Waals surface area contributed by atoms with E-state index in [0.717, 1.165) is 25.9 Å². The van der Waals surface area contributed by atoms with Gasteiger partial charge in [-0.1, -0.05) is 11.6 Å². The molecule has 2 aromatic rings. The quantitative estimate of drug-likeness (QED) is 0.908. The van der Waals surface area contributed by atoms with Crippen LogP contribution in [-0.4, -0.2) is 29.8 Å². The molecular weight excluding hydrogens is 324 g/mol. The number of hydrogen-bond acceptors (Lipinski definition) is 2. The van der Waals surface area contributed by atoms with Crippen LogP contribution in [0.1, 0.15) is 40.0 Å². The zero-order valence-corrected chi connectivity index (χ0v) is 14.1. The number of halogens is 1. The molecule has 1 saturated heterocycles. The number of hydrogen-bond donors (Lipinski definition) is 1. The number of likely N-dealkylation sites (tertiary alicyclic amines) is 1. The molecule has 5 heteroatoms. The molecule has 1 heterocycles. The third-order valence-corrected chi connectivity index (χ3v) is 4.39. The lowest BCUT2D eigenvalue weighted by atomic mass is 10.1. The van der Waals surface area contributed by atoms with Crippen LogP contribution < -0.4 is 5.32 Å². The highest BCUT2D eigenvalue weighted by Gasteiger charge is 2.18. The summed E-state index contributed by atoms with van der Waals surface area (Å²) in [5.41, 5.74) is 1.82. The molecule has 0 radical (unpaired) electrons. The van der Waals surface area contributed by atoms with E-state index in [-0.39, 0.29) is 11.8 Å². The topological polar surface area (TPSA) is 49.4 Å². The number of anilines is 1. The first-order valence-electron chi connectivity index (χ1n) is 8.10. The standard InChI is InChI=1S/C19H19ClN2O2/c20-16-8-10-17(11-9-16)21-18(23)14-4-6-15(7-5-14)19(24)22-12-2-1-3-13-22/h4-11H,1-3,12-13H2,(H,21,23). The third-order valence-electron chi connectivity index (χ3n) is 4.14. The first-order chi connectivity index (χ1) is 11.6. The molecular formula is C19H19ClN2O2. The van der Waals surface area contributed by atoms with Gasteiger partial charge >= 0.3 is 0 Å². The minimum atomic E-state index is -0.214. The highest BCUT2D eigenvalue weighted by atomic mass is 35.5. The van der Waals surface area contributed by atoms with E-state index in [0.29, 0.717) is 21.8 Å². The molecule has 1 aliphatic heterocycles. The summed E-state index contributed by atoms with van der Waals surface area (Å²) in [5, 5.41) is 3.42. The SMILES string of the molecule is O=C(Nc1ccc(Cl)cc1)c1ccc(C(=O)N2CCCCC2)cc1. The molecule has 3 rings (SSSR count). The zero-order chi connectivity index (χ0) is 16.9. The van der Waals surface area contributed by atoms with Gasteiger partial charge in [-0.2, -0.15) is 0 Å². The van der Waals surface area contributed by atoms with Crippen molar-refractivity contribution in [3.8, 4) is 0 Å². The minimum absolute atomic E-state index is 0.0411. The van der Waals surface area contributed by atoms with Crippen LogP contribution in [0.2, 0.25) is 5.02 Å². The Labute approximate surface area is 146 Å². The molecule has 0 atom stereocenters. The van der Waals surface area contributed by atoms with E-state index in [1.165, 1.54) is 6.42 Å². The molecule has 4 nitrogen and oxygen atoms in total. The van der Waals surface area contributed by atoms with Crippen molar-refractivity contribution in [3.63, 3.8) is 0 Å². The summed E-state index contributed by atoms with van der Waals surface area (Å²) in [6.07, 6.45) is 3.31. The summed E-state index contributed by atoms with van der Waals surface area (Å²) in [4.78, 5) is 26.5. The van der Waals surface area contributed by atoms with Crippen molar-refractivity contribution in [2.24, 2.45) is 0 Å². The summed E-state index contributed by atoms with van der Waals surface area (Å²) in [6, 6.07) is 13.7. The molecule has 1 N–H and O–H groups in total. The maximum atomic E-state index is 12.4. The monoisotopic (exact) mass is 342 g/mol. The lowest BCUT2D eigenvalue weighted by molar-refractivity contribution is 0.0724. The Morgan fingerprint density at radius 2 is 1.42 bits per heavy atom. The van der Waals surface area contributed by atoms with E-state index < -0.39 is 0 Å². The molecule has 0 bridgehead atoms. The summed E-state index contributed by atoms with van der Waals surface area (Å²) >= 11 is 5.83. The van der Waals surface area contributed by atoms with E-state index in [1.807, 2.05) is 4.90 Å². The number of carbonyl (C=O) groups excluding carboxylic acids is 2. The molecule has 0 saturated carbocycles. The first kappa shape index (κ1) is 16.5. The number of piperidine rings is 1. The largest absolute Gasteiger partial charge is 0.339 e. The second-order valence-corrected chi connectivity index (χ2v) is 6.33. The van der Waals surface area contributed by atoms with Gasteiger partial charge in [-0.3, -0.25) is 9.59 Å². The highest BCUT2D eigenvalue weighted by Crippen LogP contribution is 2.16. The molecule has 1 aliphatic rings. The van der Waals surface area contributed by atoms with Gasteiger partial charge in [-0.05, 0) is 67.8 Å². The van der Waals surface area contributed by atoms with Crippen LogP contribution in [-0.2, 0) is 0 Å². The van der Waals surface area contributed by atoms with E-state index in [9.17, 15) is 9.59 Å². The summed E-state index contributed by atoms with van der Waals surface area (Å²) in [6.45, 7) is 1.63. The molecule has 24 heavy (non-hydrogen) atoms. The van der Waals surface area contributed by atoms with Crippen LogP contribution in [0.3, 0.4) is 0 Å². The zero-order valence-electron chi connectivity index (χ0n) is 13.3. The maximum absolute atomic E-state index is 12.4.